The number of aromatic nitrogens is 4. The lowest BCUT2D eigenvalue weighted by molar-refractivity contribution is -0.0726. The molecule has 3 heterocycles. The highest BCUT2D eigenvalue weighted by Crippen LogP contribution is 2.43. The summed E-state index contributed by atoms with van der Waals surface area (Å²) in [6, 6.07) is 11.6. The molecule has 5 rings (SSSR count). The van der Waals surface area contributed by atoms with Crippen molar-refractivity contribution in [3.63, 3.8) is 0 Å². The Morgan fingerprint density at radius 1 is 1.10 bits per heavy atom. The molecule has 1 aliphatic heterocycles. The van der Waals surface area contributed by atoms with Crippen LogP contribution in [0.1, 0.15) is 61.3 Å². The lowest BCUT2D eigenvalue weighted by Gasteiger charge is -2.47. The molecule has 1 N–H and O–H groups in total. The Labute approximate surface area is 248 Å². The molecule has 4 aromatic rings. The molecule has 0 saturated carbocycles. The average Bonchev–Trinajstić information content (AvgIpc) is 3.30. The van der Waals surface area contributed by atoms with Gasteiger partial charge in [0.05, 0.1) is 22.4 Å². The predicted molar refractivity (Wildman–Crippen MR) is 156 cm³/mol. The maximum atomic E-state index is 13.7. The molecule has 222 valence electrons. The summed E-state index contributed by atoms with van der Waals surface area (Å²) >= 11 is 6.99. The van der Waals surface area contributed by atoms with Crippen LogP contribution in [-0.2, 0) is 29.7 Å². The normalized spacial score (nSPS) is 15.9. The summed E-state index contributed by atoms with van der Waals surface area (Å²) in [5.41, 5.74) is 1.76. The van der Waals surface area contributed by atoms with Gasteiger partial charge < -0.3 is 14.7 Å². The summed E-state index contributed by atoms with van der Waals surface area (Å²) in [6.07, 6.45) is 1.48. The first-order chi connectivity index (χ1) is 19.6. The van der Waals surface area contributed by atoms with Crippen LogP contribution in [0.2, 0.25) is 5.02 Å². The molecular formula is C31H34ClF2N5O3. The fraction of sp³-hybridized carbons (Fsp3) is 0.419. The van der Waals surface area contributed by atoms with Gasteiger partial charge in [-0.15, -0.1) is 5.10 Å². The van der Waals surface area contributed by atoms with Crippen LogP contribution < -0.4 is 0 Å². The van der Waals surface area contributed by atoms with Crippen molar-refractivity contribution in [2.45, 2.75) is 58.2 Å². The molecule has 1 aliphatic rings. The van der Waals surface area contributed by atoms with E-state index in [1.807, 2.05) is 19.1 Å². The van der Waals surface area contributed by atoms with Crippen LogP contribution in [0.4, 0.5) is 13.6 Å². The smallest absolute Gasteiger partial charge is 0.410 e. The zero-order chi connectivity index (χ0) is 30.6. The van der Waals surface area contributed by atoms with Crippen molar-refractivity contribution >= 4 is 28.6 Å². The number of alkyl halides is 2. The van der Waals surface area contributed by atoms with Crippen molar-refractivity contribution in [2.24, 2.45) is 13.0 Å². The number of likely N-dealkylation sites (tertiary alicyclic amines) is 1. The number of nitrogens with zero attached hydrogens (tertiary/aromatic N) is 5. The highest BCUT2D eigenvalue weighted by atomic mass is 35.5. The first kappa shape index (κ1) is 29.8. The van der Waals surface area contributed by atoms with Crippen LogP contribution in [0, 0.1) is 12.8 Å². The van der Waals surface area contributed by atoms with E-state index in [4.69, 9.17) is 21.3 Å². The molecule has 8 nitrogen and oxygen atoms in total. The van der Waals surface area contributed by atoms with Crippen molar-refractivity contribution in [1.29, 1.82) is 0 Å². The Morgan fingerprint density at radius 3 is 2.31 bits per heavy atom. The van der Waals surface area contributed by atoms with E-state index in [1.165, 1.54) is 23.0 Å². The minimum atomic E-state index is -2.92. The molecule has 1 fully saturated rings. The van der Waals surface area contributed by atoms with Gasteiger partial charge in [0, 0.05) is 56.0 Å². The molecule has 11 heteroatoms. The lowest BCUT2D eigenvalue weighted by atomic mass is 9.74. The van der Waals surface area contributed by atoms with Gasteiger partial charge in [-0.3, -0.25) is 4.98 Å². The number of hydrogen-bond donors (Lipinski definition) is 1. The average molecular weight is 598 g/mol. The largest absolute Gasteiger partial charge is 0.444 e. The van der Waals surface area contributed by atoms with Crippen LogP contribution in [0.25, 0.3) is 10.9 Å². The molecule has 2 aromatic heterocycles. The fourth-order valence-corrected chi connectivity index (χ4v) is 5.74. The Morgan fingerprint density at radius 2 is 1.74 bits per heavy atom. The Bertz CT molecular complexity index is 1640. The standard InChI is InChI=1S/C31H34ClF2N5O3/c1-18-23(13-19-7-9-20(10-8-19)30(5,33)34)27(32)24-14-21(11-12-25(24)36-18)31(41,26-15-35-37-38(26)6)22-16-39(17-22)28(40)42-29(2,3)4/h7-12,14-15,22,41H,13,16-17H2,1-6H3. The number of benzene rings is 2. The van der Waals surface area contributed by atoms with Gasteiger partial charge in [0.2, 0.25) is 0 Å². The summed E-state index contributed by atoms with van der Waals surface area (Å²) in [4.78, 5) is 19.0. The molecule has 1 saturated heterocycles. The van der Waals surface area contributed by atoms with Crippen LogP contribution in [0.5, 0.6) is 0 Å². The zero-order valence-corrected chi connectivity index (χ0v) is 25.2. The number of aryl methyl sites for hydroxylation is 2. The van der Waals surface area contributed by atoms with E-state index in [2.05, 4.69) is 10.3 Å². The number of rotatable bonds is 6. The highest BCUT2D eigenvalue weighted by Gasteiger charge is 2.50. The highest BCUT2D eigenvalue weighted by molar-refractivity contribution is 6.36. The number of carbonyl (C=O) groups is 1. The van der Waals surface area contributed by atoms with Crippen LogP contribution in [-0.4, -0.2) is 54.8 Å². The van der Waals surface area contributed by atoms with E-state index in [-0.39, 0.29) is 24.6 Å². The molecule has 0 aliphatic carbocycles. The van der Waals surface area contributed by atoms with Crippen LogP contribution in [0.15, 0.2) is 48.7 Å². The van der Waals surface area contributed by atoms with Gasteiger partial charge in [-0.2, -0.15) is 0 Å². The number of halogens is 3. The van der Waals surface area contributed by atoms with Crippen LogP contribution in [0.3, 0.4) is 0 Å². The van der Waals surface area contributed by atoms with Gasteiger partial charge in [-0.25, -0.2) is 18.3 Å². The predicted octanol–water partition coefficient (Wildman–Crippen LogP) is 6.13. The molecule has 42 heavy (non-hydrogen) atoms. The fourth-order valence-electron chi connectivity index (χ4n) is 5.39. The van der Waals surface area contributed by atoms with Crippen molar-refractivity contribution in [1.82, 2.24) is 24.9 Å². The summed E-state index contributed by atoms with van der Waals surface area (Å²) in [5, 5.41) is 21.5. The van der Waals surface area contributed by atoms with Gasteiger partial charge >= 0.3 is 6.09 Å². The summed E-state index contributed by atoms with van der Waals surface area (Å²) in [5.74, 6) is -3.29. The molecule has 0 bridgehead atoms. The minimum Gasteiger partial charge on any atom is -0.444 e. The third-order valence-corrected chi connectivity index (χ3v) is 8.17. The number of aliphatic hydroxyl groups is 1. The van der Waals surface area contributed by atoms with E-state index in [0.717, 1.165) is 23.7 Å². The SMILES string of the molecule is Cc1nc2ccc(C(O)(c3cnnn3C)C3CN(C(=O)OC(C)(C)C)C3)cc2c(Cl)c1Cc1ccc(C(C)(F)F)cc1. The maximum absolute atomic E-state index is 13.7. The minimum absolute atomic E-state index is 0.0551. The van der Waals surface area contributed by atoms with E-state index in [1.54, 1.807) is 50.9 Å². The van der Waals surface area contributed by atoms with Crippen LogP contribution >= 0.6 is 11.6 Å². The summed E-state index contributed by atoms with van der Waals surface area (Å²) < 4.78 is 34.4. The second kappa shape index (κ2) is 10.6. The third-order valence-electron chi connectivity index (χ3n) is 7.73. The van der Waals surface area contributed by atoms with Gasteiger partial charge in [-0.1, -0.05) is 47.1 Å². The monoisotopic (exact) mass is 597 g/mol. The van der Waals surface area contributed by atoms with E-state index < -0.39 is 23.2 Å². The Kier molecular flexibility index (Phi) is 7.52. The van der Waals surface area contributed by atoms with Gasteiger partial charge in [0.25, 0.3) is 5.92 Å². The topological polar surface area (TPSA) is 93.4 Å². The number of hydrogen-bond acceptors (Lipinski definition) is 6. The Balaban J connectivity index is 1.51. The van der Waals surface area contributed by atoms with Gasteiger partial charge in [-0.05, 0) is 56.5 Å². The molecule has 0 spiro atoms. The van der Waals surface area contributed by atoms with E-state index in [9.17, 15) is 18.7 Å². The first-order valence-corrected chi connectivity index (χ1v) is 14.1. The quantitative estimate of drug-likeness (QED) is 0.287. The molecule has 1 amide bonds. The van der Waals surface area contributed by atoms with Crippen molar-refractivity contribution in [2.75, 3.05) is 13.1 Å². The molecule has 1 atom stereocenters. The zero-order valence-electron chi connectivity index (χ0n) is 24.5. The van der Waals surface area contributed by atoms with Gasteiger partial charge in [0.1, 0.15) is 11.2 Å². The number of amides is 1. The number of pyridine rings is 1. The second-order valence-corrected chi connectivity index (χ2v) is 12.5. The van der Waals surface area contributed by atoms with E-state index >= 15 is 0 Å². The number of ether oxygens (including phenoxy) is 1. The summed E-state index contributed by atoms with van der Waals surface area (Å²) in [6.45, 7) is 8.69. The molecular weight excluding hydrogens is 564 g/mol. The van der Waals surface area contributed by atoms with Crippen molar-refractivity contribution < 1.29 is 23.4 Å². The second-order valence-electron chi connectivity index (χ2n) is 12.1. The van der Waals surface area contributed by atoms with Crippen molar-refractivity contribution in [3.05, 3.63) is 87.3 Å². The third kappa shape index (κ3) is 5.57. The molecule has 2 aromatic carbocycles. The first-order valence-electron chi connectivity index (χ1n) is 13.7. The molecule has 1 unspecified atom stereocenters. The number of fused-ring (bicyclic) bond motifs is 1. The van der Waals surface area contributed by atoms with E-state index in [0.29, 0.717) is 33.6 Å². The number of carbonyl (C=O) groups excluding carboxylic acids is 1. The Hall–Kier alpha value is -3.63. The summed E-state index contributed by atoms with van der Waals surface area (Å²) in [7, 11) is 1.70. The maximum Gasteiger partial charge on any atom is 0.410 e. The molecule has 0 radical (unpaired) electrons. The van der Waals surface area contributed by atoms with Gasteiger partial charge in [0.15, 0.2) is 0 Å². The lowest BCUT2D eigenvalue weighted by Crippen LogP contribution is -2.59. The van der Waals surface area contributed by atoms with Crippen molar-refractivity contribution in [3.8, 4) is 0 Å².